The third-order valence-corrected chi connectivity index (χ3v) is 5.89. The number of carboxylic acid groups (broad SMARTS) is 2. The van der Waals surface area contributed by atoms with Crippen molar-refractivity contribution in [2.45, 2.75) is 52.4 Å². The summed E-state index contributed by atoms with van der Waals surface area (Å²) < 4.78 is 0. The maximum atomic E-state index is 11.7. The van der Waals surface area contributed by atoms with Crippen molar-refractivity contribution in [1.82, 2.24) is 0 Å². The molecule has 112 valence electrons. The van der Waals surface area contributed by atoms with Gasteiger partial charge in [0.25, 0.3) is 0 Å². The van der Waals surface area contributed by atoms with E-state index in [1.54, 1.807) is 0 Å². The lowest BCUT2D eigenvalue weighted by atomic mass is 9.47. The van der Waals surface area contributed by atoms with Gasteiger partial charge >= 0.3 is 11.9 Å². The van der Waals surface area contributed by atoms with Crippen LogP contribution >= 0.6 is 0 Å². The Morgan fingerprint density at radius 2 is 1.95 bits per heavy atom. The van der Waals surface area contributed by atoms with Crippen molar-refractivity contribution in [3.63, 3.8) is 0 Å². The average molecular weight is 280 g/mol. The molecule has 0 heterocycles. The molecule has 4 atom stereocenters. The molecule has 4 heteroatoms. The summed E-state index contributed by atoms with van der Waals surface area (Å²) in [6.07, 6.45) is 4.07. The van der Waals surface area contributed by atoms with E-state index >= 15 is 0 Å². The summed E-state index contributed by atoms with van der Waals surface area (Å²) in [6, 6.07) is 0. The number of fused-ring (bicyclic) bond motifs is 1. The molecule has 2 fully saturated rings. The van der Waals surface area contributed by atoms with Gasteiger partial charge in [0, 0.05) is 0 Å². The van der Waals surface area contributed by atoms with Gasteiger partial charge in [-0.1, -0.05) is 25.5 Å². The van der Waals surface area contributed by atoms with Crippen molar-refractivity contribution >= 4 is 11.9 Å². The number of rotatable bonds is 3. The lowest BCUT2D eigenvalue weighted by molar-refractivity contribution is -0.165. The fraction of sp³-hybridized carbons (Fsp3) is 0.750. The Balaban J connectivity index is 2.40. The minimum absolute atomic E-state index is 0.0381. The molecule has 0 aromatic carbocycles. The van der Waals surface area contributed by atoms with Gasteiger partial charge in [0.05, 0.1) is 11.8 Å². The van der Waals surface area contributed by atoms with Crippen molar-refractivity contribution < 1.29 is 19.8 Å². The molecule has 0 amide bonds. The van der Waals surface area contributed by atoms with Crippen LogP contribution in [0.15, 0.2) is 12.2 Å². The highest BCUT2D eigenvalue weighted by Crippen LogP contribution is 2.61. The third kappa shape index (κ3) is 2.15. The van der Waals surface area contributed by atoms with Gasteiger partial charge in [-0.15, -0.1) is 0 Å². The zero-order chi connectivity index (χ0) is 15.1. The van der Waals surface area contributed by atoms with E-state index in [4.69, 9.17) is 0 Å². The van der Waals surface area contributed by atoms with Crippen molar-refractivity contribution in [3.05, 3.63) is 12.2 Å². The maximum absolute atomic E-state index is 11.7. The standard InChI is InChI=1S/C16H24O4/c1-10-5-6-12-15(2,11(10)9-13(17)18)7-4-8-16(12,3)14(19)20/h11-12H,1,4-9H2,2-3H3,(H,17,18)(H,19,20)/t11-,12+,15-,16-/m0/s1. The van der Waals surface area contributed by atoms with E-state index in [0.29, 0.717) is 6.42 Å². The van der Waals surface area contributed by atoms with Crippen molar-refractivity contribution in [2.24, 2.45) is 22.7 Å². The van der Waals surface area contributed by atoms with Gasteiger partial charge < -0.3 is 10.2 Å². The van der Waals surface area contributed by atoms with Crippen LogP contribution in [0.3, 0.4) is 0 Å². The van der Waals surface area contributed by atoms with Crippen LogP contribution in [0.4, 0.5) is 0 Å². The first-order valence-corrected chi connectivity index (χ1v) is 7.34. The average Bonchev–Trinajstić information content (AvgIpc) is 2.33. The third-order valence-electron chi connectivity index (χ3n) is 5.89. The smallest absolute Gasteiger partial charge is 0.309 e. The van der Waals surface area contributed by atoms with Crippen LogP contribution in [-0.2, 0) is 9.59 Å². The minimum atomic E-state index is -0.819. The first kappa shape index (κ1) is 15.1. The SMILES string of the molecule is C=C1CC[C@@H]2[C@@](C)(CCC[C@]2(C)C(=O)O)[C@H]1CC(=O)O. The van der Waals surface area contributed by atoms with Crippen LogP contribution in [0.5, 0.6) is 0 Å². The molecule has 2 aliphatic carbocycles. The molecule has 0 aromatic heterocycles. The molecule has 0 radical (unpaired) electrons. The van der Waals surface area contributed by atoms with Crippen LogP contribution in [0.2, 0.25) is 0 Å². The summed E-state index contributed by atoms with van der Waals surface area (Å²) in [5, 5.41) is 18.8. The fourth-order valence-corrected chi connectivity index (χ4v) is 4.76. The van der Waals surface area contributed by atoms with E-state index < -0.39 is 17.4 Å². The monoisotopic (exact) mass is 280 g/mol. The Morgan fingerprint density at radius 1 is 1.30 bits per heavy atom. The molecule has 0 spiro atoms. The van der Waals surface area contributed by atoms with Crippen LogP contribution < -0.4 is 0 Å². The van der Waals surface area contributed by atoms with Gasteiger partial charge in [-0.05, 0) is 49.9 Å². The summed E-state index contributed by atoms with van der Waals surface area (Å²) in [7, 11) is 0. The Kier molecular flexibility index (Phi) is 3.69. The summed E-state index contributed by atoms with van der Waals surface area (Å²) in [6.45, 7) is 7.98. The zero-order valence-electron chi connectivity index (χ0n) is 12.3. The van der Waals surface area contributed by atoms with E-state index in [0.717, 1.165) is 31.3 Å². The quantitative estimate of drug-likeness (QED) is 0.778. The maximum Gasteiger partial charge on any atom is 0.309 e. The van der Waals surface area contributed by atoms with E-state index in [-0.39, 0.29) is 23.7 Å². The Labute approximate surface area is 119 Å². The topological polar surface area (TPSA) is 74.6 Å². The molecule has 20 heavy (non-hydrogen) atoms. The first-order chi connectivity index (χ1) is 9.21. The van der Waals surface area contributed by atoms with E-state index in [9.17, 15) is 19.8 Å². The van der Waals surface area contributed by atoms with Crippen molar-refractivity contribution in [1.29, 1.82) is 0 Å². The molecule has 2 rings (SSSR count). The van der Waals surface area contributed by atoms with E-state index in [2.05, 4.69) is 13.5 Å². The molecule has 4 nitrogen and oxygen atoms in total. The van der Waals surface area contributed by atoms with Crippen LogP contribution in [0.25, 0.3) is 0 Å². The largest absolute Gasteiger partial charge is 0.481 e. The normalized spacial score (nSPS) is 41.0. The Bertz CT molecular complexity index is 455. The number of hydrogen-bond donors (Lipinski definition) is 2. The van der Waals surface area contributed by atoms with E-state index in [1.807, 2.05) is 6.92 Å². The molecule has 0 aliphatic heterocycles. The van der Waals surface area contributed by atoms with Crippen LogP contribution in [-0.4, -0.2) is 22.2 Å². The summed E-state index contributed by atoms with van der Waals surface area (Å²) >= 11 is 0. The van der Waals surface area contributed by atoms with E-state index in [1.165, 1.54) is 0 Å². The lowest BCUT2D eigenvalue weighted by Gasteiger charge is -2.57. The zero-order valence-corrected chi connectivity index (χ0v) is 12.3. The molecule has 0 saturated heterocycles. The van der Waals surface area contributed by atoms with Crippen molar-refractivity contribution in [3.8, 4) is 0 Å². The highest BCUT2D eigenvalue weighted by Gasteiger charge is 2.57. The molecule has 2 saturated carbocycles. The van der Waals surface area contributed by atoms with Crippen LogP contribution in [0.1, 0.15) is 52.4 Å². The Hall–Kier alpha value is -1.32. The second kappa shape index (κ2) is 4.90. The number of hydrogen-bond acceptors (Lipinski definition) is 2. The number of carboxylic acids is 2. The van der Waals surface area contributed by atoms with Crippen LogP contribution in [0, 0.1) is 22.7 Å². The molecule has 0 bridgehead atoms. The summed E-state index contributed by atoms with van der Waals surface area (Å²) in [4.78, 5) is 22.9. The van der Waals surface area contributed by atoms with Gasteiger partial charge in [-0.25, -0.2) is 0 Å². The predicted molar refractivity (Wildman–Crippen MR) is 75.3 cm³/mol. The molecule has 0 unspecified atom stereocenters. The number of allylic oxidation sites excluding steroid dienone is 1. The molecule has 2 aliphatic rings. The second-order valence-electron chi connectivity index (χ2n) is 6.98. The summed E-state index contributed by atoms with van der Waals surface area (Å²) in [5.41, 5.74) is 0.00427. The highest BCUT2D eigenvalue weighted by atomic mass is 16.4. The van der Waals surface area contributed by atoms with Gasteiger partial charge in [-0.3, -0.25) is 9.59 Å². The first-order valence-electron chi connectivity index (χ1n) is 7.34. The molecular weight excluding hydrogens is 256 g/mol. The molecule has 0 aromatic rings. The van der Waals surface area contributed by atoms with Crippen molar-refractivity contribution in [2.75, 3.05) is 0 Å². The Morgan fingerprint density at radius 3 is 2.50 bits per heavy atom. The second-order valence-corrected chi connectivity index (χ2v) is 6.98. The van der Waals surface area contributed by atoms with Gasteiger partial charge in [-0.2, -0.15) is 0 Å². The predicted octanol–water partition coefficient (Wildman–Crippen LogP) is 3.32. The minimum Gasteiger partial charge on any atom is -0.481 e. The van der Waals surface area contributed by atoms with Gasteiger partial charge in [0.15, 0.2) is 0 Å². The van der Waals surface area contributed by atoms with Gasteiger partial charge in [0.1, 0.15) is 0 Å². The fourth-order valence-electron chi connectivity index (χ4n) is 4.76. The lowest BCUT2D eigenvalue weighted by Crippen LogP contribution is -2.53. The van der Waals surface area contributed by atoms with Gasteiger partial charge in [0.2, 0.25) is 0 Å². The summed E-state index contributed by atoms with van der Waals surface area (Å²) in [5.74, 6) is -1.62. The highest BCUT2D eigenvalue weighted by molar-refractivity contribution is 5.75. The number of aliphatic carboxylic acids is 2. The molecular formula is C16H24O4. The molecule has 2 N–H and O–H groups in total. The number of carbonyl (C=O) groups is 2.